The van der Waals surface area contributed by atoms with Gasteiger partial charge in [0.25, 0.3) is 0 Å². The van der Waals surface area contributed by atoms with Crippen molar-refractivity contribution in [1.82, 2.24) is 0 Å². The van der Waals surface area contributed by atoms with Crippen LogP contribution in [0.3, 0.4) is 0 Å². The minimum Gasteiger partial charge on any atom is -0.459 e. The van der Waals surface area contributed by atoms with Gasteiger partial charge < -0.3 is 4.42 Å². The minimum atomic E-state index is -4.79. The SMILES string of the molecule is [O]C(=O)c1ccoc1C(F)(F)F. The summed E-state index contributed by atoms with van der Waals surface area (Å²) in [4.78, 5) is 10.1. The molecule has 1 aromatic heterocycles. The number of furan rings is 1. The van der Waals surface area contributed by atoms with Crippen molar-refractivity contribution in [2.75, 3.05) is 0 Å². The predicted molar refractivity (Wildman–Crippen MR) is 28.7 cm³/mol. The predicted octanol–water partition coefficient (Wildman–Crippen LogP) is 1.87. The van der Waals surface area contributed by atoms with Crippen molar-refractivity contribution >= 4 is 5.97 Å². The van der Waals surface area contributed by atoms with Gasteiger partial charge in [-0.3, -0.25) is 0 Å². The summed E-state index contributed by atoms with van der Waals surface area (Å²) in [6.07, 6.45) is -4.15. The molecule has 0 saturated heterocycles. The third kappa shape index (κ3) is 1.41. The molecule has 0 amide bonds. The van der Waals surface area contributed by atoms with E-state index in [2.05, 4.69) is 4.42 Å². The molecule has 3 nitrogen and oxygen atoms in total. The van der Waals surface area contributed by atoms with Gasteiger partial charge in [0.15, 0.2) is 0 Å². The maximum Gasteiger partial charge on any atom is 0.450 e. The van der Waals surface area contributed by atoms with Crippen LogP contribution < -0.4 is 0 Å². The Morgan fingerprint density at radius 3 is 2.33 bits per heavy atom. The number of hydrogen-bond acceptors (Lipinski definition) is 2. The van der Waals surface area contributed by atoms with Crippen LogP contribution in [0, 0.1) is 0 Å². The normalized spacial score (nSPS) is 11.6. The van der Waals surface area contributed by atoms with Crippen molar-refractivity contribution in [3.63, 3.8) is 0 Å². The molecule has 1 rings (SSSR count). The molecule has 0 atom stereocenters. The number of carbonyl (C=O) groups is 1. The molecule has 0 aromatic carbocycles. The molecule has 0 N–H and O–H groups in total. The zero-order valence-corrected chi connectivity index (χ0v) is 5.51. The Balaban J connectivity index is 3.17. The van der Waals surface area contributed by atoms with E-state index in [0.717, 1.165) is 0 Å². The fraction of sp³-hybridized carbons (Fsp3) is 0.167. The van der Waals surface area contributed by atoms with Crippen LogP contribution in [0.2, 0.25) is 0 Å². The van der Waals surface area contributed by atoms with Crippen LogP contribution in [0.1, 0.15) is 16.1 Å². The lowest BCUT2D eigenvalue weighted by atomic mass is 10.2. The van der Waals surface area contributed by atoms with E-state index in [-0.39, 0.29) is 0 Å². The van der Waals surface area contributed by atoms with Crippen molar-refractivity contribution in [2.24, 2.45) is 0 Å². The van der Waals surface area contributed by atoms with Crippen molar-refractivity contribution in [1.29, 1.82) is 0 Å². The van der Waals surface area contributed by atoms with E-state index in [0.29, 0.717) is 12.3 Å². The minimum absolute atomic E-state index is 0.647. The van der Waals surface area contributed by atoms with E-state index in [1.165, 1.54) is 0 Å². The Bertz CT molecular complexity index is 299. The molecule has 0 saturated carbocycles. The Kier molecular flexibility index (Phi) is 1.83. The second-order valence-electron chi connectivity index (χ2n) is 1.95. The first-order valence-corrected chi connectivity index (χ1v) is 2.79. The molecule has 65 valence electrons. The van der Waals surface area contributed by atoms with Crippen LogP contribution in [-0.4, -0.2) is 5.97 Å². The van der Waals surface area contributed by atoms with Gasteiger partial charge in [-0.1, -0.05) is 0 Å². The van der Waals surface area contributed by atoms with Crippen molar-refractivity contribution < 1.29 is 27.5 Å². The van der Waals surface area contributed by atoms with Gasteiger partial charge in [-0.2, -0.15) is 13.2 Å². The highest BCUT2D eigenvalue weighted by atomic mass is 19.4. The third-order valence-electron chi connectivity index (χ3n) is 1.14. The first-order valence-electron chi connectivity index (χ1n) is 2.79. The Hall–Kier alpha value is -1.46. The van der Waals surface area contributed by atoms with Crippen LogP contribution in [-0.2, 0) is 11.3 Å². The van der Waals surface area contributed by atoms with Crippen molar-refractivity contribution in [3.8, 4) is 0 Å². The molecule has 1 aromatic rings. The number of carbonyl (C=O) groups excluding carboxylic acids is 1. The molecule has 6 heteroatoms. The van der Waals surface area contributed by atoms with Crippen LogP contribution in [0.5, 0.6) is 0 Å². The largest absolute Gasteiger partial charge is 0.459 e. The lowest BCUT2D eigenvalue weighted by molar-refractivity contribution is -0.153. The summed E-state index contributed by atoms with van der Waals surface area (Å²) in [5.74, 6) is -3.45. The summed E-state index contributed by atoms with van der Waals surface area (Å²) >= 11 is 0. The monoisotopic (exact) mass is 179 g/mol. The van der Waals surface area contributed by atoms with Crippen LogP contribution in [0.25, 0.3) is 0 Å². The molecular formula is C6H2F3O3. The van der Waals surface area contributed by atoms with Crippen LogP contribution in [0.15, 0.2) is 16.7 Å². The van der Waals surface area contributed by atoms with Crippen molar-refractivity contribution in [3.05, 3.63) is 23.7 Å². The lowest BCUT2D eigenvalue weighted by Gasteiger charge is -2.01. The Labute approximate surface area is 64.4 Å². The average Bonchev–Trinajstić information content (AvgIpc) is 2.30. The standard InChI is InChI=1S/C6H2F3O3/c7-6(8,9)4-3(5(10)11)1-2-12-4/h1-2H. The van der Waals surface area contributed by atoms with Crippen molar-refractivity contribution in [2.45, 2.75) is 6.18 Å². The van der Waals surface area contributed by atoms with E-state index in [1.54, 1.807) is 0 Å². The first-order chi connectivity index (χ1) is 5.43. The summed E-state index contributed by atoms with van der Waals surface area (Å²) in [7, 11) is 0. The quantitative estimate of drug-likeness (QED) is 0.660. The fourth-order valence-corrected chi connectivity index (χ4v) is 0.690. The van der Waals surface area contributed by atoms with Gasteiger partial charge in [0.05, 0.1) is 6.26 Å². The second-order valence-corrected chi connectivity index (χ2v) is 1.95. The summed E-state index contributed by atoms with van der Waals surface area (Å²) in [5.41, 5.74) is -0.984. The van der Waals surface area contributed by atoms with E-state index >= 15 is 0 Å². The summed E-state index contributed by atoms with van der Waals surface area (Å²) in [5, 5.41) is 10.1. The molecule has 1 radical (unpaired) electrons. The maximum atomic E-state index is 11.9. The van der Waals surface area contributed by atoms with E-state index in [9.17, 15) is 23.1 Å². The lowest BCUT2D eigenvalue weighted by Crippen LogP contribution is -2.09. The molecular weight excluding hydrogens is 177 g/mol. The smallest absolute Gasteiger partial charge is 0.450 e. The zero-order chi connectivity index (χ0) is 9.35. The second kappa shape index (κ2) is 2.54. The number of halogens is 3. The molecule has 0 aliphatic heterocycles. The first kappa shape index (κ1) is 8.63. The summed E-state index contributed by atoms with van der Waals surface area (Å²) < 4.78 is 39.5. The highest BCUT2D eigenvalue weighted by Crippen LogP contribution is 2.32. The number of hydrogen-bond donors (Lipinski definition) is 0. The van der Waals surface area contributed by atoms with E-state index in [1.807, 2.05) is 0 Å². The molecule has 0 unspecified atom stereocenters. The molecule has 0 aliphatic carbocycles. The molecule has 1 heterocycles. The zero-order valence-electron chi connectivity index (χ0n) is 5.51. The fourth-order valence-electron chi connectivity index (χ4n) is 0.690. The Morgan fingerprint density at radius 2 is 2.00 bits per heavy atom. The third-order valence-corrected chi connectivity index (χ3v) is 1.14. The highest BCUT2D eigenvalue weighted by molar-refractivity contribution is 5.88. The van der Waals surface area contributed by atoms with Crippen LogP contribution >= 0.6 is 0 Å². The summed E-state index contributed by atoms with van der Waals surface area (Å²) in [6, 6.07) is 0.693. The number of rotatable bonds is 1. The summed E-state index contributed by atoms with van der Waals surface area (Å²) in [6.45, 7) is 0. The molecule has 0 aliphatic rings. The van der Waals surface area contributed by atoms with Gasteiger partial charge in [0.1, 0.15) is 5.56 Å². The highest BCUT2D eigenvalue weighted by Gasteiger charge is 2.39. The molecule has 12 heavy (non-hydrogen) atoms. The van der Waals surface area contributed by atoms with Gasteiger partial charge in [0, 0.05) is 0 Å². The Morgan fingerprint density at radius 1 is 1.42 bits per heavy atom. The van der Waals surface area contributed by atoms with Gasteiger partial charge in [-0.25, -0.2) is 9.90 Å². The molecule has 0 fully saturated rings. The van der Waals surface area contributed by atoms with Gasteiger partial charge in [-0.05, 0) is 6.07 Å². The van der Waals surface area contributed by atoms with Gasteiger partial charge >= 0.3 is 12.1 Å². The van der Waals surface area contributed by atoms with E-state index in [4.69, 9.17) is 0 Å². The topological polar surface area (TPSA) is 50.1 Å². The maximum absolute atomic E-state index is 11.9. The van der Waals surface area contributed by atoms with Gasteiger partial charge in [0.2, 0.25) is 5.76 Å². The average molecular weight is 179 g/mol. The number of alkyl halides is 3. The van der Waals surface area contributed by atoms with Crippen LogP contribution in [0.4, 0.5) is 13.2 Å². The van der Waals surface area contributed by atoms with Gasteiger partial charge in [-0.15, -0.1) is 0 Å². The molecule has 0 bridgehead atoms. The van der Waals surface area contributed by atoms with E-state index < -0.39 is 23.5 Å². The molecule has 0 spiro atoms.